The van der Waals surface area contributed by atoms with Crippen molar-refractivity contribution in [1.82, 2.24) is 15.6 Å². The van der Waals surface area contributed by atoms with Crippen molar-refractivity contribution < 1.29 is 27.4 Å². The Kier molecular flexibility index (Phi) is 10.00. The molecule has 0 saturated heterocycles. The van der Waals surface area contributed by atoms with Crippen LogP contribution >= 0.6 is 0 Å². The fourth-order valence-electron chi connectivity index (χ4n) is 3.51. The van der Waals surface area contributed by atoms with Gasteiger partial charge in [-0.15, -0.1) is 0 Å². The number of methoxy groups -OCH3 is 2. The highest BCUT2D eigenvalue weighted by molar-refractivity contribution is 5.82. The number of amides is 1. The van der Waals surface area contributed by atoms with Gasteiger partial charge in [0.2, 0.25) is 11.5 Å². The summed E-state index contributed by atoms with van der Waals surface area (Å²) in [5.41, 5.74) is -0.0117. The number of alkyl halides is 3. The lowest BCUT2D eigenvalue weighted by molar-refractivity contribution is -0.161. The van der Waals surface area contributed by atoms with Crippen molar-refractivity contribution >= 4 is 11.6 Å². The molecule has 8 nitrogen and oxygen atoms in total. The van der Waals surface area contributed by atoms with Crippen molar-refractivity contribution in [3.8, 4) is 11.5 Å². The van der Waals surface area contributed by atoms with Gasteiger partial charge in [0, 0.05) is 30.9 Å². The smallest absolute Gasteiger partial charge is 0.407 e. The van der Waals surface area contributed by atoms with Gasteiger partial charge < -0.3 is 25.1 Å². The molecule has 0 aliphatic rings. The third-order valence-corrected chi connectivity index (χ3v) is 5.26. The Bertz CT molecular complexity index is 1010. The summed E-state index contributed by atoms with van der Waals surface area (Å²) < 4.78 is 52.1. The number of halogens is 3. The number of H-pyrrole nitrogens is 1. The van der Waals surface area contributed by atoms with Crippen molar-refractivity contribution in [2.45, 2.75) is 51.5 Å². The van der Waals surface area contributed by atoms with E-state index in [2.05, 4.69) is 20.9 Å². The molecule has 0 aliphatic carbocycles. The number of carbonyl (C=O) groups excluding carboxylic acids is 1. The predicted molar refractivity (Wildman–Crippen MR) is 128 cm³/mol. The number of hydrogen-bond donors (Lipinski definition) is 4. The van der Waals surface area contributed by atoms with Crippen LogP contribution in [0.3, 0.4) is 0 Å². The molecule has 0 saturated carbocycles. The zero-order valence-corrected chi connectivity index (χ0v) is 20.5. The van der Waals surface area contributed by atoms with Crippen LogP contribution in [0.1, 0.15) is 38.8 Å². The normalized spacial score (nSPS) is 14.2. The van der Waals surface area contributed by atoms with Crippen LogP contribution in [0.25, 0.3) is 0 Å². The van der Waals surface area contributed by atoms with E-state index >= 15 is 0 Å². The van der Waals surface area contributed by atoms with E-state index in [1.165, 1.54) is 7.11 Å². The average Bonchev–Trinajstić information content (AvgIpc) is 2.79. The highest BCUT2D eigenvalue weighted by Gasteiger charge is 2.43. The van der Waals surface area contributed by atoms with Crippen LogP contribution < -0.4 is 31.0 Å². The fraction of sp³-hybridized carbons (Fsp3) is 0.500. The highest BCUT2D eigenvalue weighted by Crippen LogP contribution is 2.33. The van der Waals surface area contributed by atoms with E-state index in [1.54, 1.807) is 32.2 Å². The number of hydrogen-bond acceptors (Lipinski definition) is 6. The first-order valence-electron chi connectivity index (χ1n) is 11.2. The first-order chi connectivity index (χ1) is 16.4. The van der Waals surface area contributed by atoms with Gasteiger partial charge in [-0.2, -0.15) is 13.2 Å². The molecular weight excluding hydrogens is 465 g/mol. The summed E-state index contributed by atoms with van der Waals surface area (Å²) >= 11 is 0. The maximum atomic E-state index is 13.8. The molecule has 194 valence electrons. The van der Waals surface area contributed by atoms with Crippen molar-refractivity contribution in [1.29, 1.82) is 0 Å². The van der Waals surface area contributed by atoms with E-state index < -0.39 is 35.8 Å². The minimum atomic E-state index is -4.67. The Morgan fingerprint density at radius 2 is 1.80 bits per heavy atom. The largest absolute Gasteiger partial charge is 0.497 e. The SMILES string of the molecule is COc1ccc(NC[C@H](C)NC(=O)[C@H](CC(C)C)N[C@@H](c2ccc(=O)[nH]c2)C(F)(F)F)c(OC)c1. The fourth-order valence-corrected chi connectivity index (χ4v) is 3.51. The number of benzene rings is 1. The summed E-state index contributed by atoms with van der Waals surface area (Å²) in [5.74, 6) is 0.585. The second-order valence-corrected chi connectivity index (χ2v) is 8.67. The Hall–Kier alpha value is -3.21. The van der Waals surface area contributed by atoms with Crippen molar-refractivity contribution in [2.75, 3.05) is 26.1 Å². The molecule has 1 amide bonds. The van der Waals surface area contributed by atoms with E-state index in [4.69, 9.17) is 9.47 Å². The van der Waals surface area contributed by atoms with Gasteiger partial charge in [-0.25, -0.2) is 0 Å². The number of rotatable bonds is 12. The van der Waals surface area contributed by atoms with Crippen LogP contribution in [-0.2, 0) is 4.79 Å². The van der Waals surface area contributed by atoms with Gasteiger partial charge in [0.1, 0.15) is 17.5 Å². The lowest BCUT2D eigenvalue weighted by atomic mass is 10.00. The minimum Gasteiger partial charge on any atom is -0.497 e. The maximum Gasteiger partial charge on any atom is 0.407 e. The molecule has 2 aromatic rings. The average molecular weight is 499 g/mol. The van der Waals surface area contributed by atoms with Gasteiger partial charge in [0.05, 0.1) is 25.9 Å². The molecule has 4 N–H and O–H groups in total. The molecule has 1 aromatic carbocycles. The van der Waals surface area contributed by atoms with Crippen molar-refractivity contribution in [3.05, 3.63) is 52.4 Å². The number of carbonyl (C=O) groups is 1. The van der Waals surface area contributed by atoms with Crippen LogP contribution in [0.4, 0.5) is 18.9 Å². The molecule has 3 atom stereocenters. The van der Waals surface area contributed by atoms with E-state index in [1.807, 2.05) is 13.8 Å². The zero-order chi connectivity index (χ0) is 26.2. The lowest BCUT2D eigenvalue weighted by Gasteiger charge is -2.29. The minimum absolute atomic E-state index is 0.0419. The van der Waals surface area contributed by atoms with Crippen LogP contribution in [0, 0.1) is 5.92 Å². The molecule has 1 aromatic heterocycles. The predicted octanol–water partition coefficient (Wildman–Crippen LogP) is 3.62. The molecule has 35 heavy (non-hydrogen) atoms. The van der Waals surface area contributed by atoms with Crippen molar-refractivity contribution in [3.63, 3.8) is 0 Å². The van der Waals surface area contributed by atoms with Crippen LogP contribution in [0.15, 0.2) is 41.3 Å². The molecule has 0 unspecified atom stereocenters. The number of aromatic amines is 1. The standard InChI is InChI=1S/C24H33F3N4O4/c1-14(2)10-19(31-22(24(25,26)27)16-6-9-21(32)29-13-16)23(33)30-15(3)12-28-18-8-7-17(34-4)11-20(18)35-5/h6-9,11,13-15,19,22,28,31H,10,12H2,1-5H3,(H,29,32)(H,30,33)/t15-,19-,22-/m0/s1. The van der Waals surface area contributed by atoms with Gasteiger partial charge in [0.25, 0.3) is 0 Å². The first-order valence-corrected chi connectivity index (χ1v) is 11.2. The molecule has 0 fully saturated rings. The lowest BCUT2D eigenvalue weighted by Crippen LogP contribution is -2.52. The maximum absolute atomic E-state index is 13.8. The quantitative estimate of drug-likeness (QED) is 0.356. The molecule has 1 heterocycles. The third kappa shape index (κ3) is 8.50. The Morgan fingerprint density at radius 1 is 1.09 bits per heavy atom. The van der Waals surface area contributed by atoms with Gasteiger partial charge in [-0.1, -0.05) is 19.9 Å². The first kappa shape index (κ1) is 28.0. The Balaban J connectivity index is 2.11. The number of ether oxygens (including phenoxy) is 2. The zero-order valence-electron chi connectivity index (χ0n) is 20.5. The van der Waals surface area contributed by atoms with Gasteiger partial charge >= 0.3 is 6.18 Å². The summed E-state index contributed by atoms with van der Waals surface area (Å²) in [6.45, 7) is 5.71. The van der Waals surface area contributed by atoms with Crippen LogP contribution in [0.5, 0.6) is 11.5 Å². The van der Waals surface area contributed by atoms with E-state index in [0.717, 1.165) is 18.3 Å². The van der Waals surface area contributed by atoms with Crippen molar-refractivity contribution in [2.24, 2.45) is 5.92 Å². The van der Waals surface area contributed by atoms with Crippen LogP contribution in [0.2, 0.25) is 0 Å². The Labute approximate surface area is 202 Å². The monoisotopic (exact) mass is 498 g/mol. The molecule has 11 heteroatoms. The van der Waals surface area contributed by atoms with Gasteiger partial charge in [0.15, 0.2) is 0 Å². The Morgan fingerprint density at radius 3 is 2.34 bits per heavy atom. The second-order valence-electron chi connectivity index (χ2n) is 8.67. The summed E-state index contributed by atoms with van der Waals surface area (Å²) in [5, 5.41) is 8.40. The topological polar surface area (TPSA) is 104 Å². The van der Waals surface area contributed by atoms with Crippen LogP contribution in [-0.4, -0.2) is 49.9 Å². The van der Waals surface area contributed by atoms with E-state index in [-0.39, 0.29) is 17.9 Å². The number of aromatic nitrogens is 1. The number of pyridine rings is 1. The third-order valence-electron chi connectivity index (χ3n) is 5.26. The van der Waals surface area contributed by atoms with Gasteiger partial charge in [-0.05, 0) is 37.0 Å². The molecule has 0 radical (unpaired) electrons. The van der Waals surface area contributed by atoms with Gasteiger partial charge in [-0.3, -0.25) is 14.9 Å². The molecule has 2 rings (SSSR count). The van der Waals surface area contributed by atoms with E-state index in [0.29, 0.717) is 23.7 Å². The molecular formula is C24H33F3N4O4. The summed E-state index contributed by atoms with van der Waals surface area (Å²) in [7, 11) is 3.06. The summed E-state index contributed by atoms with van der Waals surface area (Å²) in [6.07, 6.45) is -3.48. The second kappa shape index (κ2) is 12.5. The number of anilines is 1. The summed E-state index contributed by atoms with van der Waals surface area (Å²) in [6, 6.07) is 3.73. The summed E-state index contributed by atoms with van der Waals surface area (Å²) in [4.78, 5) is 26.5. The molecule has 0 spiro atoms. The number of nitrogens with one attached hydrogen (secondary N) is 4. The highest BCUT2D eigenvalue weighted by atomic mass is 19.4. The molecule has 0 aliphatic heterocycles. The van der Waals surface area contributed by atoms with E-state index in [9.17, 15) is 22.8 Å². The molecule has 0 bridgehead atoms.